The lowest BCUT2D eigenvalue weighted by Gasteiger charge is -2.23. The average molecular weight is 499 g/mol. The quantitative estimate of drug-likeness (QED) is 0.426. The molecule has 3 aromatic carbocycles. The van der Waals surface area contributed by atoms with Gasteiger partial charge in [0.05, 0.1) is 25.0 Å². The standard InChI is InChI=1S/C27H31FN2O4S/c1-27(2,3)24-7-5-6-8-25(24)34-18-17-29-26(31)21-11-15-23(16-12-21)30(35(4,32)33)19-20-9-13-22(28)14-10-20/h5-16H,17-19H2,1-4H3,(H,29,31). The summed E-state index contributed by atoms with van der Waals surface area (Å²) < 4.78 is 45.0. The Kier molecular flexibility index (Phi) is 8.17. The zero-order valence-electron chi connectivity index (χ0n) is 20.4. The summed E-state index contributed by atoms with van der Waals surface area (Å²) in [5, 5.41) is 2.82. The maximum absolute atomic E-state index is 13.2. The van der Waals surface area contributed by atoms with Crippen molar-refractivity contribution in [3.05, 3.63) is 95.3 Å². The number of hydrogen-bond donors (Lipinski definition) is 1. The Labute approximate surface area is 206 Å². The van der Waals surface area contributed by atoms with Gasteiger partial charge in [0.15, 0.2) is 0 Å². The van der Waals surface area contributed by atoms with E-state index in [0.717, 1.165) is 17.6 Å². The normalized spacial score (nSPS) is 11.7. The summed E-state index contributed by atoms with van der Waals surface area (Å²) in [6, 6.07) is 19.8. The third-order valence-corrected chi connectivity index (χ3v) is 6.54. The van der Waals surface area contributed by atoms with E-state index in [1.807, 2.05) is 24.3 Å². The van der Waals surface area contributed by atoms with Gasteiger partial charge < -0.3 is 10.1 Å². The van der Waals surface area contributed by atoms with Crippen molar-refractivity contribution in [2.45, 2.75) is 32.7 Å². The maximum Gasteiger partial charge on any atom is 0.251 e. The molecule has 0 aromatic heterocycles. The minimum atomic E-state index is -3.59. The monoisotopic (exact) mass is 498 g/mol. The number of hydrogen-bond acceptors (Lipinski definition) is 4. The van der Waals surface area contributed by atoms with Gasteiger partial charge in [-0.25, -0.2) is 12.8 Å². The third-order valence-electron chi connectivity index (χ3n) is 5.40. The zero-order valence-corrected chi connectivity index (χ0v) is 21.2. The Morgan fingerprint density at radius 2 is 1.60 bits per heavy atom. The number of para-hydroxylation sites is 1. The van der Waals surface area contributed by atoms with E-state index in [0.29, 0.717) is 30.0 Å². The van der Waals surface area contributed by atoms with Gasteiger partial charge in [0.2, 0.25) is 10.0 Å². The van der Waals surface area contributed by atoms with Crippen molar-refractivity contribution in [2.75, 3.05) is 23.7 Å². The first-order valence-electron chi connectivity index (χ1n) is 11.3. The van der Waals surface area contributed by atoms with Crippen molar-refractivity contribution < 1.29 is 22.3 Å². The van der Waals surface area contributed by atoms with Crippen LogP contribution in [0.3, 0.4) is 0 Å². The Morgan fingerprint density at radius 3 is 2.20 bits per heavy atom. The summed E-state index contributed by atoms with van der Waals surface area (Å²) >= 11 is 0. The van der Waals surface area contributed by atoms with Gasteiger partial charge in [-0.3, -0.25) is 9.10 Å². The molecule has 1 amide bonds. The lowest BCUT2D eigenvalue weighted by Crippen LogP contribution is -2.30. The van der Waals surface area contributed by atoms with Gasteiger partial charge in [0.25, 0.3) is 5.91 Å². The van der Waals surface area contributed by atoms with Crippen LogP contribution in [0.15, 0.2) is 72.8 Å². The number of sulfonamides is 1. The highest BCUT2D eigenvalue weighted by Gasteiger charge is 2.19. The predicted octanol–water partition coefficient (Wildman–Crippen LogP) is 4.90. The van der Waals surface area contributed by atoms with E-state index in [-0.39, 0.29) is 23.7 Å². The molecule has 1 N–H and O–H groups in total. The summed E-state index contributed by atoms with van der Waals surface area (Å²) in [6.07, 6.45) is 1.11. The molecule has 35 heavy (non-hydrogen) atoms. The van der Waals surface area contributed by atoms with E-state index in [4.69, 9.17) is 4.74 Å². The molecule has 0 radical (unpaired) electrons. The molecule has 0 spiro atoms. The highest BCUT2D eigenvalue weighted by molar-refractivity contribution is 7.92. The van der Waals surface area contributed by atoms with Crippen LogP contribution in [0.2, 0.25) is 0 Å². The number of carbonyl (C=O) groups excluding carboxylic acids is 1. The van der Waals surface area contributed by atoms with Crippen LogP contribution < -0.4 is 14.4 Å². The number of carbonyl (C=O) groups is 1. The van der Waals surface area contributed by atoms with Gasteiger partial charge in [-0.15, -0.1) is 0 Å². The molecular formula is C27H31FN2O4S. The van der Waals surface area contributed by atoms with E-state index >= 15 is 0 Å². The number of rotatable bonds is 9. The maximum atomic E-state index is 13.2. The summed E-state index contributed by atoms with van der Waals surface area (Å²) in [5.74, 6) is 0.119. The van der Waals surface area contributed by atoms with Crippen molar-refractivity contribution in [2.24, 2.45) is 0 Å². The Balaban J connectivity index is 1.60. The topological polar surface area (TPSA) is 75.7 Å². The van der Waals surface area contributed by atoms with Gasteiger partial charge in [-0.2, -0.15) is 0 Å². The number of nitrogens with zero attached hydrogens (tertiary/aromatic N) is 1. The molecule has 0 atom stereocenters. The predicted molar refractivity (Wildman–Crippen MR) is 137 cm³/mol. The van der Waals surface area contributed by atoms with Crippen LogP contribution >= 0.6 is 0 Å². The Hall–Kier alpha value is -3.39. The molecule has 6 nitrogen and oxygen atoms in total. The Bertz CT molecular complexity index is 1250. The third kappa shape index (κ3) is 7.29. The number of benzene rings is 3. The number of nitrogens with one attached hydrogen (secondary N) is 1. The molecular weight excluding hydrogens is 467 g/mol. The molecule has 0 fully saturated rings. The van der Waals surface area contributed by atoms with Crippen LogP contribution in [0.25, 0.3) is 0 Å². The van der Waals surface area contributed by atoms with E-state index in [1.165, 1.54) is 28.6 Å². The molecule has 0 saturated carbocycles. The molecule has 0 aliphatic carbocycles. The fourth-order valence-electron chi connectivity index (χ4n) is 3.57. The summed E-state index contributed by atoms with van der Waals surface area (Å²) in [7, 11) is -3.59. The zero-order chi connectivity index (χ0) is 25.6. The first kappa shape index (κ1) is 26.2. The number of anilines is 1. The Morgan fingerprint density at radius 1 is 0.971 bits per heavy atom. The van der Waals surface area contributed by atoms with Crippen molar-refractivity contribution >= 4 is 21.6 Å². The first-order chi connectivity index (χ1) is 16.4. The van der Waals surface area contributed by atoms with Crippen LogP contribution in [-0.4, -0.2) is 33.7 Å². The SMILES string of the molecule is CC(C)(C)c1ccccc1OCCNC(=O)c1ccc(N(Cc2ccc(F)cc2)S(C)(=O)=O)cc1. The molecule has 0 heterocycles. The highest BCUT2D eigenvalue weighted by atomic mass is 32.2. The lowest BCUT2D eigenvalue weighted by atomic mass is 9.86. The van der Waals surface area contributed by atoms with Gasteiger partial charge in [0.1, 0.15) is 18.2 Å². The number of amides is 1. The minimum absolute atomic E-state index is 0.0536. The largest absolute Gasteiger partial charge is 0.491 e. The van der Waals surface area contributed by atoms with Crippen LogP contribution in [-0.2, 0) is 22.0 Å². The van der Waals surface area contributed by atoms with Crippen molar-refractivity contribution in [3.8, 4) is 5.75 Å². The van der Waals surface area contributed by atoms with Crippen LogP contribution in [0.5, 0.6) is 5.75 Å². The summed E-state index contributed by atoms with van der Waals surface area (Å²) in [5.41, 5.74) is 2.50. The van der Waals surface area contributed by atoms with Crippen molar-refractivity contribution in [1.82, 2.24) is 5.32 Å². The van der Waals surface area contributed by atoms with E-state index in [1.54, 1.807) is 24.3 Å². The van der Waals surface area contributed by atoms with Crippen molar-refractivity contribution in [3.63, 3.8) is 0 Å². The second-order valence-electron chi connectivity index (χ2n) is 9.29. The smallest absolute Gasteiger partial charge is 0.251 e. The van der Waals surface area contributed by atoms with Crippen LogP contribution in [0, 0.1) is 5.82 Å². The van der Waals surface area contributed by atoms with Gasteiger partial charge in [0, 0.05) is 5.56 Å². The average Bonchev–Trinajstić information content (AvgIpc) is 2.80. The fourth-order valence-corrected chi connectivity index (χ4v) is 4.46. The highest BCUT2D eigenvalue weighted by Crippen LogP contribution is 2.30. The lowest BCUT2D eigenvalue weighted by molar-refractivity contribution is 0.0947. The van der Waals surface area contributed by atoms with Crippen LogP contribution in [0.1, 0.15) is 42.3 Å². The first-order valence-corrected chi connectivity index (χ1v) is 13.1. The molecule has 0 unspecified atom stereocenters. The number of halogens is 1. The number of ether oxygens (including phenoxy) is 1. The minimum Gasteiger partial charge on any atom is -0.491 e. The summed E-state index contributed by atoms with van der Waals surface area (Å²) in [6.45, 7) is 7.04. The van der Waals surface area contributed by atoms with Crippen molar-refractivity contribution in [1.29, 1.82) is 0 Å². The summed E-state index contributed by atoms with van der Waals surface area (Å²) in [4.78, 5) is 12.5. The van der Waals surface area contributed by atoms with Gasteiger partial charge in [-0.1, -0.05) is 51.1 Å². The van der Waals surface area contributed by atoms with Crippen LogP contribution in [0.4, 0.5) is 10.1 Å². The molecule has 0 saturated heterocycles. The molecule has 0 bridgehead atoms. The molecule has 8 heteroatoms. The fraction of sp³-hybridized carbons (Fsp3) is 0.296. The molecule has 186 valence electrons. The molecule has 0 aliphatic heterocycles. The van der Waals surface area contributed by atoms with Gasteiger partial charge in [-0.05, 0) is 59.0 Å². The second kappa shape index (κ2) is 10.9. The molecule has 3 rings (SSSR count). The molecule has 3 aromatic rings. The van der Waals surface area contributed by atoms with Gasteiger partial charge >= 0.3 is 0 Å². The van der Waals surface area contributed by atoms with E-state index in [2.05, 4.69) is 26.1 Å². The van der Waals surface area contributed by atoms with E-state index < -0.39 is 10.0 Å². The molecule has 0 aliphatic rings. The second-order valence-corrected chi connectivity index (χ2v) is 11.2. The van der Waals surface area contributed by atoms with E-state index in [9.17, 15) is 17.6 Å².